The highest BCUT2D eigenvalue weighted by Gasteiger charge is 2.24. The second-order valence-electron chi connectivity index (χ2n) is 4.29. The number of carbonyl (C=O) groups is 2. The highest BCUT2D eigenvalue weighted by molar-refractivity contribution is 5.97. The minimum Gasteiger partial charge on any atom is -0.481 e. The van der Waals surface area contributed by atoms with Gasteiger partial charge in [-0.25, -0.2) is 0 Å². The van der Waals surface area contributed by atoms with Gasteiger partial charge in [0.25, 0.3) is 5.91 Å². The molecule has 1 aromatic rings. The fourth-order valence-corrected chi connectivity index (χ4v) is 2.20. The molecule has 0 aromatic heterocycles. The average Bonchev–Trinajstić information content (AvgIpc) is 2.29. The molecule has 0 radical (unpaired) electrons. The predicted octanol–water partition coefficient (Wildman–Crippen LogP) is 1.47. The molecule has 1 N–H and O–H groups in total. The first kappa shape index (κ1) is 11.6. The Hall–Kier alpha value is -1.84. The van der Waals surface area contributed by atoms with Gasteiger partial charge in [0.05, 0.1) is 6.42 Å². The summed E-state index contributed by atoms with van der Waals surface area (Å²) in [6.45, 7) is 2.91. The number of hydrogen-bond acceptors (Lipinski definition) is 2. The first-order chi connectivity index (χ1) is 8.09. The van der Waals surface area contributed by atoms with Gasteiger partial charge >= 0.3 is 5.97 Å². The Bertz CT molecular complexity index is 468. The van der Waals surface area contributed by atoms with Crippen LogP contribution in [0, 0.1) is 6.92 Å². The van der Waals surface area contributed by atoms with E-state index in [1.165, 1.54) is 0 Å². The number of carbonyl (C=O) groups excluding carboxylic acids is 1. The first-order valence-corrected chi connectivity index (χ1v) is 5.69. The molecular formula is C13H15NO3. The second-order valence-corrected chi connectivity index (χ2v) is 4.29. The fraction of sp³-hybridized carbons (Fsp3) is 0.385. The molecule has 0 saturated carbocycles. The number of rotatable bonds is 3. The van der Waals surface area contributed by atoms with E-state index in [4.69, 9.17) is 5.11 Å². The molecule has 1 heterocycles. The van der Waals surface area contributed by atoms with Crippen molar-refractivity contribution in [1.82, 2.24) is 4.90 Å². The van der Waals surface area contributed by atoms with Crippen LogP contribution < -0.4 is 0 Å². The third-order valence-electron chi connectivity index (χ3n) is 3.16. The Kier molecular flexibility index (Phi) is 3.13. The molecule has 90 valence electrons. The number of carboxylic acids is 1. The zero-order valence-corrected chi connectivity index (χ0v) is 9.77. The van der Waals surface area contributed by atoms with Gasteiger partial charge in [-0.2, -0.15) is 0 Å². The van der Waals surface area contributed by atoms with Crippen LogP contribution in [-0.2, 0) is 11.2 Å². The van der Waals surface area contributed by atoms with Crippen LogP contribution in [0.1, 0.15) is 27.9 Å². The van der Waals surface area contributed by atoms with Crippen molar-refractivity contribution in [1.29, 1.82) is 0 Å². The standard InChI is InChI=1S/C13H15NO3/c1-9-3-2-4-11-10(9)5-7-14(13(11)17)8-6-12(15)16/h2-4H,5-8H2,1H3,(H,15,16). The number of nitrogens with zero attached hydrogens (tertiary/aromatic N) is 1. The van der Waals surface area contributed by atoms with Crippen LogP contribution in [0.25, 0.3) is 0 Å². The van der Waals surface area contributed by atoms with Gasteiger partial charge < -0.3 is 10.0 Å². The van der Waals surface area contributed by atoms with Crippen molar-refractivity contribution in [3.63, 3.8) is 0 Å². The van der Waals surface area contributed by atoms with Gasteiger partial charge in [0, 0.05) is 18.7 Å². The molecule has 17 heavy (non-hydrogen) atoms. The van der Waals surface area contributed by atoms with Crippen molar-refractivity contribution in [3.8, 4) is 0 Å². The fourth-order valence-electron chi connectivity index (χ4n) is 2.20. The largest absolute Gasteiger partial charge is 0.481 e. The molecule has 2 rings (SSSR count). The lowest BCUT2D eigenvalue weighted by Crippen LogP contribution is -2.39. The zero-order valence-electron chi connectivity index (χ0n) is 9.77. The predicted molar refractivity (Wildman–Crippen MR) is 63.0 cm³/mol. The number of aryl methyl sites for hydroxylation is 1. The van der Waals surface area contributed by atoms with E-state index in [2.05, 4.69) is 0 Å². The van der Waals surface area contributed by atoms with E-state index in [0.29, 0.717) is 13.1 Å². The van der Waals surface area contributed by atoms with E-state index in [9.17, 15) is 9.59 Å². The topological polar surface area (TPSA) is 57.6 Å². The van der Waals surface area contributed by atoms with E-state index in [1.54, 1.807) is 4.90 Å². The Balaban J connectivity index is 2.19. The molecule has 0 unspecified atom stereocenters. The Morgan fingerprint density at radius 2 is 2.24 bits per heavy atom. The molecule has 4 nitrogen and oxygen atoms in total. The molecule has 0 bridgehead atoms. The van der Waals surface area contributed by atoms with Crippen molar-refractivity contribution in [2.45, 2.75) is 19.8 Å². The monoisotopic (exact) mass is 233 g/mol. The lowest BCUT2D eigenvalue weighted by Gasteiger charge is -2.29. The third kappa shape index (κ3) is 2.30. The lowest BCUT2D eigenvalue weighted by atomic mass is 9.94. The number of hydrogen-bond donors (Lipinski definition) is 1. The zero-order chi connectivity index (χ0) is 12.4. The summed E-state index contributed by atoms with van der Waals surface area (Å²) >= 11 is 0. The van der Waals surface area contributed by atoms with Gasteiger partial charge in [0.1, 0.15) is 0 Å². The van der Waals surface area contributed by atoms with Crippen LogP contribution in [0.4, 0.5) is 0 Å². The van der Waals surface area contributed by atoms with Gasteiger partial charge in [0.2, 0.25) is 0 Å². The maximum absolute atomic E-state index is 12.1. The summed E-state index contributed by atoms with van der Waals surface area (Å²) in [5, 5.41) is 8.63. The van der Waals surface area contributed by atoms with Gasteiger partial charge in [0.15, 0.2) is 0 Å². The summed E-state index contributed by atoms with van der Waals surface area (Å²) in [4.78, 5) is 24.2. The maximum Gasteiger partial charge on any atom is 0.305 e. The minimum absolute atomic E-state index is 0.00683. The molecule has 0 saturated heterocycles. The summed E-state index contributed by atoms with van der Waals surface area (Å²) in [7, 11) is 0. The van der Waals surface area contributed by atoms with Crippen molar-refractivity contribution < 1.29 is 14.7 Å². The SMILES string of the molecule is Cc1cccc2c1CCN(CCC(=O)O)C2=O. The van der Waals surface area contributed by atoms with Crippen molar-refractivity contribution in [2.24, 2.45) is 0 Å². The van der Waals surface area contributed by atoms with Crippen LogP contribution in [0.15, 0.2) is 18.2 Å². The summed E-state index contributed by atoms with van der Waals surface area (Å²) in [6, 6.07) is 5.68. The number of amides is 1. The van der Waals surface area contributed by atoms with E-state index in [1.807, 2.05) is 25.1 Å². The van der Waals surface area contributed by atoms with E-state index in [-0.39, 0.29) is 12.3 Å². The highest BCUT2D eigenvalue weighted by atomic mass is 16.4. The van der Waals surface area contributed by atoms with Gasteiger partial charge in [-0.1, -0.05) is 12.1 Å². The molecule has 1 aromatic carbocycles. The Morgan fingerprint density at radius 3 is 2.94 bits per heavy atom. The summed E-state index contributed by atoms with van der Waals surface area (Å²) in [6.07, 6.45) is 0.820. The van der Waals surface area contributed by atoms with Gasteiger partial charge in [-0.05, 0) is 30.5 Å². The average molecular weight is 233 g/mol. The van der Waals surface area contributed by atoms with Gasteiger partial charge in [-0.3, -0.25) is 9.59 Å². The van der Waals surface area contributed by atoms with Crippen LogP contribution in [0.2, 0.25) is 0 Å². The number of fused-ring (bicyclic) bond motifs is 1. The summed E-state index contributed by atoms with van der Waals surface area (Å²) in [5.74, 6) is -0.913. The molecule has 0 fully saturated rings. The van der Waals surface area contributed by atoms with Crippen molar-refractivity contribution >= 4 is 11.9 Å². The normalized spacial score (nSPS) is 14.6. The molecule has 0 aliphatic carbocycles. The second kappa shape index (κ2) is 4.57. The van der Waals surface area contributed by atoms with Crippen molar-refractivity contribution in [2.75, 3.05) is 13.1 Å². The molecule has 1 aliphatic heterocycles. The molecule has 0 spiro atoms. The number of benzene rings is 1. The Labute approximate surface area is 99.9 Å². The summed E-state index contributed by atoms with van der Waals surface area (Å²) in [5.41, 5.74) is 2.96. The Morgan fingerprint density at radius 1 is 1.47 bits per heavy atom. The van der Waals surface area contributed by atoms with Crippen LogP contribution in [0.5, 0.6) is 0 Å². The number of carboxylic acid groups (broad SMARTS) is 1. The molecule has 0 atom stereocenters. The minimum atomic E-state index is -0.868. The highest BCUT2D eigenvalue weighted by Crippen LogP contribution is 2.22. The first-order valence-electron chi connectivity index (χ1n) is 5.69. The maximum atomic E-state index is 12.1. The number of aliphatic carboxylic acids is 1. The van der Waals surface area contributed by atoms with Crippen LogP contribution in [-0.4, -0.2) is 35.0 Å². The smallest absolute Gasteiger partial charge is 0.305 e. The molecule has 1 aliphatic rings. The van der Waals surface area contributed by atoms with Gasteiger partial charge in [-0.15, -0.1) is 0 Å². The molecular weight excluding hydrogens is 218 g/mol. The molecule has 1 amide bonds. The molecule has 4 heteroatoms. The van der Waals surface area contributed by atoms with Crippen molar-refractivity contribution in [3.05, 3.63) is 34.9 Å². The third-order valence-corrected chi connectivity index (χ3v) is 3.16. The summed E-state index contributed by atoms with van der Waals surface area (Å²) < 4.78 is 0. The van der Waals surface area contributed by atoms with Crippen LogP contribution in [0.3, 0.4) is 0 Å². The quantitative estimate of drug-likeness (QED) is 0.860. The van der Waals surface area contributed by atoms with E-state index in [0.717, 1.165) is 23.1 Å². The van der Waals surface area contributed by atoms with E-state index < -0.39 is 5.97 Å². The lowest BCUT2D eigenvalue weighted by molar-refractivity contribution is -0.137. The van der Waals surface area contributed by atoms with E-state index >= 15 is 0 Å². The van der Waals surface area contributed by atoms with Crippen LogP contribution >= 0.6 is 0 Å².